The average molecular weight is 181 g/mol. The Bertz CT molecular complexity index is 174. The van der Waals surface area contributed by atoms with Crippen LogP contribution in [0.3, 0.4) is 0 Å². The molecule has 1 heterocycles. The Balaban J connectivity index is 2.02. The van der Waals surface area contributed by atoms with Gasteiger partial charge in [-0.15, -0.1) is 0 Å². The minimum atomic E-state index is 0.760. The van der Waals surface area contributed by atoms with Crippen molar-refractivity contribution < 1.29 is 0 Å². The van der Waals surface area contributed by atoms with E-state index in [1.165, 1.54) is 32.2 Å². The number of nitrogens with zero attached hydrogens (tertiary/aromatic N) is 1. The fraction of sp³-hybridized carbons (Fsp3) is 1.00. The molecule has 3 atom stereocenters. The van der Waals surface area contributed by atoms with Crippen molar-refractivity contribution in [2.45, 2.75) is 58.5 Å². The second-order valence-electron chi connectivity index (χ2n) is 5.45. The molecule has 1 saturated heterocycles. The van der Waals surface area contributed by atoms with E-state index in [4.69, 9.17) is 0 Å². The average Bonchev–Trinajstić information content (AvgIpc) is 2.02. The van der Waals surface area contributed by atoms with Gasteiger partial charge in [0.25, 0.3) is 0 Å². The van der Waals surface area contributed by atoms with Crippen LogP contribution in [0.1, 0.15) is 46.5 Å². The number of piperidine rings is 1. The number of hydrogen-bond acceptors (Lipinski definition) is 1. The van der Waals surface area contributed by atoms with Crippen LogP contribution in [0.15, 0.2) is 0 Å². The van der Waals surface area contributed by atoms with Crippen LogP contribution in [-0.2, 0) is 0 Å². The van der Waals surface area contributed by atoms with Crippen LogP contribution in [0.25, 0.3) is 0 Å². The van der Waals surface area contributed by atoms with Gasteiger partial charge in [-0.2, -0.15) is 0 Å². The second kappa shape index (κ2) is 3.61. The first-order chi connectivity index (χ1) is 6.16. The Kier molecular flexibility index (Phi) is 2.64. The molecule has 1 saturated carbocycles. The van der Waals surface area contributed by atoms with Crippen molar-refractivity contribution in [2.75, 3.05) is 6.54 Å². The van der Waals surface area contributed by atoms with Gasteiger partial charge in [-0.3, -0.25) is 4.90 Å². The summed E-state index contributed by atoms with van der Waals surface area (Å²) in [5.74, 6) is 2.04. The highest BCUT2D eigenvalue weighted by Gasteiger charge is 2.35. The molecule has 1 aliphatic heterocycles. The second-order valence-corrected chi connectivity index (χ2v) is 5.45. The summed E-state index contributed by atoms with van der Waals surface area (Å²) in [6.45, 7) is 8.49. The standard InChI is InChI=1S/C12H23N/c1-9(2)13-5-4-11-6-10(3)7-12(13)8-11/h9-12H,4-8H2,1-3H3. The third-order valence-corrected chi connectivity index (χ3v) is 3.94. The van der Waals surface area contributed by atoms with Gasteiger partial charge in [0, 0.05) is 12.1 Å². The molecule has 76 valence electrons. The highest BCUT2D eigenvalue weighted by Crippen LogP contribution is 2.38. The lowest BCUT2D eigenvalue weighted by atomic mass is 9.74. The topological polar surface area (TPSA) is 3.24 Å². The van der Waals surface area contributed by atoms with E-state index in [2.05, 4.69) is 25.7 Å². The predicted octanol–water partition coefficient (Wildman–Crippen LogP) is 2.91. The Hall–Kier alpha value is -0.0400. The van der Waals surface area contributed by atoms with E-state index in [-0.39, 0.29) is 0 Å². The number of likely N-dealkylation sites (tertiary alicyclic amines) is 1. The molecule has 2 bridgehead atoms. The van der Waals surface area contributed by atoms with E-state index in [1.54, 1.807) is 0 Å². The van der Waals surface area contributed by atoms with Gasteiger partial charge in [0.05, 0.1) is 0 Å². The predicted molar refractivity (Wildman–Crippen MR) is 56.8 cm³/mol. The molecule has 2 aliphatic rings. The molecule has 0 aromatic carbocycles. The summed E-state index contributed by atoms with van der Waals surface area (Å²) in [6, 6.07) is 1.68. The molecule has 2 fully saturated rings. The number of fused-ring (bicyclic) bond motifs is 2. The van der Waals surface area contributed by atoms with Crippen molar-refractivity contribution in [3.8, 4) is 0 Å². The molecule has 3 unspecified atom stereocenters. The quantitative estimate of drug-likeness (QED) is 0.601. The molecule has 0 N–H and O–H groups in total. The molecule has 1 aliphatic carbocycles. The molecule has 1 nitrogen and oxygen atoms in total. The molecule has 0 radical (unpaired) electrons. The Morgan fingerprint density at radius 3 is 2.62 bits per heavy atom. The van der Waals surface area contributed by atoms with E-state index in [1.807, 2.05) is 0 Å². The Morgan fingerprint density at radius 1 is 1.15 bits per heavy atom. The maximum atomic E-state index is 2.73. The van der Waals surface area contributed by atoms with Crippen LogP contribution in [0.4, 0.5) is 0 Å². The fourth-order valence-corrected chi connectivity index (χ4v) is 3.41. The van der Waals surface area contributed by atoms with Gasteiger partial charge in [0.1, 0.15) is 0 Å². The summed E-state index contributed by atoms with van der Waals surface area (Å²) < 4.78 is 0. The van der Waals surface area contributed by atoms with Gasteiger partial charge in [-0.05, 0) is 57.9 Å². The summed E-state index contributed by atoms with van der Waals surface area (Å²) in [6.07, 6.45) is 5.90. The van der Waals surface area contributed by atoms with Crippen molar-refractivity contribution >= 4 is 0 Å². The molecule has 1 heteroatoms. The van der Waals surface area contributed by atoms with Crippen molar-refractivity contribution in [2.24, 2.45) is 11.8 Å². The fourth-order valence-electron chi connectivity index (χ4n) is 3.41. The molecule has 13 heavy (non-hydrogen) atoms. The first-order valence-corrected chi connectivity index (χ1v) is 5.92. The first-order valence-electron chi connectivity index (χ1n) is 5.92. The Labute approximate surface area is 82.5 Å². The van der Waals surface area contributed by atoms with Crippen LogP contribution in [0.2, 0.25) is 0 Å². The van der Waals surface area contributed by atoms with E-state index < -0.39 is 0 Å². The zero-order chi connectivity index (χ0) is 9.42. The van der Waals surface area contributed by atoms with Crippen LogP contribution in [-0.4, -0.2) is 23.5 Å². The van der Waals surface area contributed by atoms with Gasteiger partial charge in [0.15, 0.2) is 0 Å². The third-order valence-electron chi connectivity index (χ3n) is 3.94. The maximum absolute atomic E-state index is 2.73. The van der Waals surface area contributed by atoms with Gasteiger partial charge in [-0.1, -0.05) is 6.92 Å². The van der Waals surface area contributed by atoms with Crippen molar-refractivity contribution in [3.63, 3.8) is 0 Å². The van der Waals surface area contributed by atoms with Gasteiger partial charge < -0.3 is 0 Å². The van der Waals surface area contributed by atoms with Gasteiger partial charge in [-0.25, -0.2) is 0 Å². The van der Waals surface area contributed by atoms with Crippen LogP contribution >= 0.6 is 0 Å². The zero-order valence-corrected chi connectivity index (χ0v) is 9.29. The van der Waals surface area contributed by atoms with E-state index in [0.717, 1.165) is 23.9 Å². The monoisotopic (exact) mass is 181 g/mol. The molecule has 0 amide bonds. The minimum absolute atomic E-state index is 0.760. The lowest BCUT2D eigenvalue weighted by Crippen LogP contribution is -2.49. The van der Waals surface area contributed by atoms with Crippen LogP contribution < -0.4 is 0 Å². The van der Waals surface area contributed by atoms with Crippen LogP contribution in [0.5, 0.6) is 0 Å². The van der Waals surface area contributed by atoms with Gasteiger partial charge >= 0.3 is 0 Å². The maximum Gasteiger partial charge on any atom is 0.0103 e. The normalized spacial score (nSPS) is 41.1. The smallest absolute Gasteiger partial charge is 0.0103 e. The minimum Gasteiger partial charge on any atom is -0.298 e. The summed E-state index contributed by atoms with van der Waals surface area (Å²) in [5, 5.41) is 0. The summed E-state index contributed by atoms with van der Waals surface area (Å²) in [5.41, 5.74) is 0. The SMILES string of the molecule is CC1CC2CCN(C(C)C)C(C1)C2. The van der Waals surface area contributed by atoms with Crippen molar-refractivity contribution in [3.05, 3.63) is 0 Å². The molecular formula is C12H23N. The summed E-state index contributed by atoms with van der Waals surface area (Å²) in [7, 11) is 0. The first kappa shape index (κ1) is 9.51. The molecule has 0 spiro atoms. The molecule has 0 aromatic rings. The van der Waals surface area contributed by atoms with E-state index >= 15 is 0 Å². The van der Waals surface area contributed by atoms with E-state index in [9.17, 15) is 0 Å². The lowest BCUT2D eigenvalue weighted by molar-refractivity contribution is 0.0296. The highest BCUT2D eigenvalue weighted by molar-refractivity contribution is 4.89. The summed E-state index contributed by atoms with van der Waals surface area (Å²) in [4.78, 5) is 2.73. The molecular weight excluding hydrogens is 158 g/mol. The summed E-state index contributed by atoms with van der Waals surface area (Å²) >= 11 is 0. The Morgan fingerprint density at radius 2 is 1.92 bits per heavy atom. The largest absolute Gasteiger partial charge is 0.298 e. The van der Waals surface area contributed by atoms with Crippen molar-refractivity contribution in [1.82, 2.24) is 4.90 Å². The van der Waals surface area contributed by atoms with Gasteiger partial charge in [0.2, 0.25) is 0 Å². The number of hydrogen-bond donors (Lipinski definition) is 0. The lowest BCUT2D eigenvalue weighted by Gasteiger charge is -2.47. The number of rotatable bonds is 1. The highest BCUT2D eigenvalue weighted by atomic mass is 15.2. The van der Waals surface area contributed by atoms with Crippen LogP contribution in [0, 0.1) is 11.8 Å². The zero-order valence-electron chi connectivity index (χ0n) is 9.29. The molecule has 0 aromatic heterocycles. The van der Waals surface area contributed by atoms with Crippen molar-refractivity contribution in [1.29, 1.82) is 0 Å². The van der Waals surface area contributed by atoms with E-state index in [0.29, 0.717) is 0 Å². The molecule has 2 rings (SSSR count). The third kappa shape index (κ3) is 1.90.